The van der Waals surface area contributed by atoms with Crippen molar-refractivity contribution in [2.45, 2.75) is 10.9 Å². The highest BCUT2D eigenvalue weighted by Crippen LogP contribution is 2.26. The summed E-state index contributed by atoms with van der Waals surface area (Å²) in [6.07, 6.45) is 0. The zero-order valence-corrected chi connectivity index (χ0v) is 11.5. The molecule has 0 aliphatic rings. The van der Waals surface area contributed by atoms with E-state index in [-0.39, 0.29) is 11.5 Å². The third-order valence-electron chi connectivity index (χ3n) is 2.14. The SMILES string of the molecule is Nc1nc(SCc2ccc(C(=O)O)cc2Br)n[nH]1. The molecule has 6 nitrogen and oxygen atoms in total. The number of carboxylic acids is 1. The highest BCUT2D eigenvalue weighted by molar-refractivity contribution is 9.10. The topological polar surface area (TPSA) is 105 Å². The van der Waals surface area contributed by atoms with Crippen LogP contribution in [0.5, 0.6) is 0 Å². The standard InChI is InChI=1S/C10H9BrN4O2S/c11-7-3-5(8(16)17)1-2-6(7)4-18-10-13-9(12)14-15-10/h1-3H,4H2,(H,16,17)(H3,12,13,14,15). The minimum Gasteiger partial charge on any atom is -0.478 e. The monoisotopic (exact) mass is 328 g/mol. The highest BCUT2D eigenvalue weighted by Gasteiger charge is 2.08. The molecule has 18 heavy (non-hydrogen) atoms. The second kappa shape index (κ2) is 5.40. The number of halogens is 1. The fourth-order valence-corrected chi connectivity index (χ4v) is 2.78. The van der Waals surface area contributed by atoms with E-state index in [4.69, 9.17) is 10.8 Å². The van der Waals surface area contributed by atoms with Gasteiger partial charge in [-0.1, -0.05) is 33.8 Å². The van der Waals surface area contributed by atoms with Crippen molar-refractivity contribution >= 4 is 39.6 Å². The molecular weight excluding hydrogens is 320 g/mol. The predicted molar refractivity (Wildman–Crippen MR) is 71.5 cm³/mol. The van der Waals surface area contributed by atoms with E-state index in [0.29, 0.717) is 10.9 Å². The Morgan fingerprint density at radius 1 is 1.56 bits per heavy atom. The van der Waals surface area contributed by atoms with Gasteiger partial charge in [0.25, 0.3) is 0 Å². The number of thioether (sulfide) groups is 1. The van der Waals surface area contributed by atoms with Gasteiger partial charge in [0.1, 0.15) is 0 Å². The van der Waals surface area contributed by atoms with E-state index in [1.807, 2.05) is 0 Å². The normalized spacial score (nSPS) is 10.5. The summed E-state index contributed by atoms with van der Waals surface area (Å²) < 4.78 is 0.749. The molecule has 0 saturated heterocycles. The van der Waals surface area contributed by atoms with E-state index in [1.54, 1.807) is 18.2 Å². The van der Waals surface area contributed by atoms with Gasteiger partial charge in [0.15, 0.2) is 0 Å². The first-order chi connectivity index (χ1) is 8.56. The van der Waals surface area contributed by atoms with E-state index in [2.05, 4.69) is 31.1 Å². The molecule has 2 aromatic rings. The van der Waals surface area contributed by atoms with Crippen molar-refractivity contribution in [3.8, 4) is 0 Å². The Balaban J connectivity index is 2.08. The number of nitrogens with one attached hydrogen (secondary N) is 1. The van der Waals surface area contributed by atoms with E-state index in [1.165, 1.54) is 11.8 Å². The third-order valence-corrected chi connectivity index (χ3v) is 3.77. The van der Waals surface area contributed by atoms with Crippen molar-refractivity contribution in [1.82, 2.24) is 15.2 Å². The van der Waals surface area contributed by atoms with Gasteiger partial charge in [0, 0.05) is 10.2 Å². The first-order valence-electron chi connectivity index (χ1n) is 4.88. The minimum atomic E-state index is -0.948. The lowest BCUT2D eigenvalue weighted by atomic mass is 10.1. The Morgan fingerprint density at radius 2 is 2.33 bits per heavy atom. The second-order valence-corrected chi connectivity index (χ2v) is 5.20. The molecule has 0 aliphatic heterocycles. The molecule has 1 aromatic carbocycles. The maximum Gasteiger partial charge on any atom is 0.335 e. The lowest BCUT2D eigenvalue weighted by Crippen LogP contribution is -1.97. The Morgan fingerprint density at radius 3 is 2.89 bits per heavy atom. The van der Waals surface area contributed by atoms with E-state index in [0.717, 1.165) is 10.0 Å². The molecule has 2 rings (SSSR count). The molecule has 0 amide bonds. The van der Waals surface area contributed by atoms with Crippen LogP contribution in [0.3, 0.4) is 0 Å². The number of carbonyl (C=O) groups is 1. The van der Waals surface area contributed by atoms with Gasteiger partial charge in [-0.2, -0.15) is 4.98 Å². The van der Waals surface area contributed by atoms with Gasteiger partial charge in [-0.15, -0.1) is 5.10 Å². The van der Waals surface area contributed by atoms with Gasteiger partial charge in [-0.05, 0) is 17.7 Å². The van der Waals surface area contributed by atoms with Crippen molar-refractivity contribution in [3.05, 3.63) is 33.8 Å². The summed E-state index contributed by atoms with van der Waals surface area (Å²) in [4.78, 5) is 14.7. The molecule has 1 aromatic heterocycles. The molecule has 0 radical (unpaired) electrons. The summed E-state index contributed by atoms with van der Waals surface area (Å²) in [6.45, 7) is 0. The lowest BCUT2D eigenvalue weighted by Gasteiger charge is -2.03. The summed E-state index contributed by atoms with van der Waals surface area (Å²) >= 11 is 4.76. The van der Waals surface area contributed by atoms with Crippen molar-refractivity contribution < 1.29 is 9.90 Å². The first-order valence-corrected chi connectivity index (χ1v) is 6.66. The quantitative estimate of drug-likeness (QED) is 0.742. The maximum absolute atomic E-state index is 10.8. The molecule has 4 N–H and O–H groups in total. The van der Waals surface area contributed by atoms with Crippen molar-refractivity contribution in [1.29, 1.82) is 0 Å². The average Bonchev–Trinajstić information content (AvgIpc) is 2.73. The number of anilines is 1. The van der Waals surface area contributed by atoms with E-state index >= 15 is 0 Å². The number of carboxylic acid groups (broad SMARTS) is 1. The summed E-state index contributed by atoms with van der Waals surface area (Å²) in [7, 11) is 0. The van der Waals surface area contributed by atoms with Crippen molar-refractivity contribution in [2.24, 2.45) is 0 Å². The molecule has 0 unspecified atom stereocenters. The number of nitrogen functional groups attached to an aromatic ring is 1. The molecular formula is C10H9BrN4O2S. The summed E-state index contributed by atoms with van der Waals surface area (Å²) in [5.41, 5.74) is 6.63. The van der Waals surface area contributed by atoms with Crippen LogP contribution in [-0.4, -0.2) is 26.3 Å². The van der Waals surface area contributed by atoms with Crippen molar-refractivity contribution in [2.75, 3.05) is 5.73 Å². The number of hydrogen-bond donors (Lipinski definition) is 3. The first kappa shape index (κ1) is 12.9. The zero-order chi connectivity index (χ0) is 13.1. The number of H-pyrrole nitrogens is 1. The molecule has 1 heterocycles. The van der Waals surface area contributed by atoms with Gasteiger partial charge in [-0.3, -0.25) is 0 Å². The molecule has 0 saturated carbocycles. The van der Waals surface area contributed by atoms with Crippen LogP contribution in [0.25, 0.3) is 0 Å². The number of aromatic carboxylic acids is 1. The van der Waals surface area contributed by atoms with E-state index in [9.17, 15) is 4.79 Å². The Kier molecular flexibility index (Phi) is 3.87. The molecule has 0 spiro atoms. The van der Waals surface area contributed by atoms with Crippen LogP contribution in [0.2, 0.25) is 0 Å². The van der Waals surface area contributed by atoms with Gasteiger partial charge >= 0.3 is 5.97 Å². The summed E-state index contributed by atoms with van der Waals surface area (Å²) in [5, 5.41) is 15.9. The fourth-order valence-electron chi connectivity index (χ4n) is 1.26. The minimum absolute atomic E-state index is 0.248. The summed E-state index contributed by atoms with van der Waals surface area (Å²) in [5.74, 6) is -0.0490. The van der Waals surface area contributed by atoms with Crippen LogP contribution in [0, 0.1) is 0 Å². The smallest absolute Gasteiger partial charge is 0.335 e. The Hall–Kier alpha value is -1.54. The molecule has 8 heteroatoms. The Labute approximate surface area is 115 Å². The van der Waals surface area contributed by atoms with Crippen LogP contribution in [0.4, 0.5) is 5.95 Å². The number of rotatable bonds is 4. The number of nitrogens with two attached hydrogens (primary N) is 1. The number of hydrogen-bond acceptors (Lipinski definition) is 5. The lowest BCUT2D eigenvalue weighted by molar-refractivity contribution is 0.0697. The third kappa shape index (κ3) is 3.02. The molecule has 0 fully saturated rings. The van der Waals surface area contributed by atoms with Gasteiger partial charge in [0.05, 0.1) is 5.56 Å². The van der Waals surface area contributed by atoms with Crippen molar-refractivity contribution in [3.63, 3.8) is 0 Å². The van der Waals surface area contributed by atoms with Crippen LogP contribution in [0.1, 0.15) is 15.9 Å². The van der Waals surface area contributed by atoms with Gasteiger partial charge in [0.2, 0.25) is 11.1 Å². The van der Waals surface area contributed by atoms with Crippen LogP contribution in [0.15, 0.2) is 27.8 Å². The van der Waals surface area contributed by atoms with Gasteiger partial charge in [-0.25, -0.2) is 9.89 Å². The fraction of sp³-hybridized carbons (Fsp3) is 0.100. The Bertz CT molecular complexity index is 587. The number of aromatic amines is 1. The highest BCUT2D eigenvalue weighted by atomic mass is 79.9. The molecule has 0 aliphatic carbocycles. The second-order valence-electron chi connectivity index (χ2n) is 3.40. The largest absolute Gasteiger partial charge is 0.478 e. The average molecular weight is 329 g/mol. The number of aromatic nitrogens is 3. The predicted octanol–water partition coefficient (Wildman–Crippen LogP) is 2.14. The molecule has 0 bridgehead atoms. The maximum atomic E-state index is 10.8. The zero-order valence-electron chi connectivity index (χ0n) is 9.05. The molecule has 0 atom stereocenters. The number of nitrogens with zero attached hydrogens (tertiary/aromatic N) is 2. The summed E-state index contributed by atoms with van der Waals surface area (Å²) in [6, 6.07) is 4.90. The van der Waals surface area contributed by atoms with Crippen LogP contribution < -0.4 is 5.73 Å². The van der Waals surface area contributed by atoms with Crippen LogP contribution >= 0.6 is 27.7 Å². The van der Waals surface area contributed by atoms with Crippen LogP contribution in [-0.2, 0) is 5.75 Å². The van der Waals surface area contributed by atoms with E-state index < -0.39 is 5.97 Å². The van der Waals surface area contributed by atoms with Gasteiger partial charge < -0.3 is 10.8 Å². The molecule has 94 valence electrons. The number of benzene rings is 1.